The summed E-state index contributed by atoms with van der Waals surface area (Å²) >= 11 is 0. The van der Waals surface area contributed by atoms with Gasteiger partial charge in [-0.05, 0) is 18.9 Å². The van der Waals surface area contributed by atoms with Crippen molar-refractivity contribution in [1.29, 1.82) is 0 Å². The summed E-state index contributed by atoms with van der Waals surface area (Å²) in [7, 11) is -2.93. The Balaban J connectivity index is 2.00. The lowest BCUT2D eigenvalue weighted by molar-refractivity contribution is 0.0908. The SMILES string of the molecule is CCc1ccc(C(=O)CN2CCS(=O)(=O)CC2C)cc1. The third-order valence-electron chi connectivity index (χ3n) is 3.84. The molecule has 110 valence electrons. The molecule has 0 aliphatic carbocycles. The Kier molecular flexibility index (Phi) is 4.60. The predicted octanol–water partition coefficient (Wildman–Crippen LogP) is 1.55. The van der Waals surface area contributed by atoms with Gasteiger partial charge in [0.2, 0.25) is 0 Å². The van der Waals surface area contributed by atoms with E-state index in [0.717, 1.165) is 6.42 Å². The molecule has 1 atom stereocenters. The van der Waals surface area contributed by atoms with Crippen LogP contribution in [0.2, 0.25) is 0 Å². The van der Waals surface area contributed by atoms with Gasteiger partial charge in [0, 0.05) is 18.2 Å². The molecular weight excluding hydrogens is 274 g/mol. The Morgan fingerprint density at radius 2 is 1.95 bits per heavy atom. The van der Waals surface area contributed by atoms with Crippen LogP contribution in [-0.4, -0.2) is 49.7 Å². The number of ketones is 1. The Morgan fingerprint density at radius 1 is 1.30 bits per heavy atom. The summed E-state index contributed by atoms with van der Waals surface area (Å²) < 4.78 is 23.0. The first-order valence-corrected chi connectivity index (χ1v) is 8.80. The Labute approximate surface area is 120 Å². The second kappa shape index (κ2) is 6.06. The monoisotopic (exact) mass is 295 g/mol. The predicted molar refractivity (Wildman–Crippen MR) is 79.8 cm³/mol. The van der Waals surface area contributed by atoms with Crippen LogP contribution in [-0.2, 0) is 16.3 Å². The molecule has 2 rings (SSSR count). The number of hydrogen-bond acceptors (Lipinski definition) is 4. The lowest BCUT2D eigenvalue weighted by Gasteiger charge is -2.32. The summed E-state index contributed by atoms with van der Waals surface area (Å²) in [5, 5.41) is 0. The van der Waals surface area contributed by atoms with Crippen LogP contribution in [0.4, 0.5) is 0 Å². The molecule has 4 nitrogen and oxygen atoms in total. The van der Waals surface area contributed by atoms with E-state index < -0.39 is 9.84 Å². The maximum atomic E-state index is 12.2. The van der Waals surface area contributed by atoms with Crippen LogP contribution in [0, 0.1) is 0 Å². The molecule has 0 radical (unpaired) electrons. The highest BCUT2D eigenvalue weighted by Crippen LogP contribution is 2.13. The number of sulfone groups is 1. The molecule has 1 saturated heterocycles. The van der Waals surface area contributed by atoms with Crippen molar-refractivity contribution in [3.05, 3.63) is 35.4 Å². The quantitative estimate of drug-likeness (QED) is 0.791. The van der Waals surface area contributed by atoms with Crippen LogP contribution in [0.1, 0.15) is 29.8 Å². The van der Waals surface area contributed by atoms with E-state index in [1.54, 1.807) is 0 Å². The molecule has 0 N–H and O–H groups in total. The van der Waals surface area contributed by atoms with E-state index in [1.165, 1.54) is 5.56 Å². The first kappa shape index (κ1) is 15.2. The average Bonchev–Trinajstić information content (AvgIpc) is 2.41. The van der Waals surface area contributed by atoms with Crippen molar-refractivity contribution >= 4 is 15.6 Å². The average molecular weight is 295 g/mol. The van der Waals surface area contributed by atoms with Crippen LogP contribution in [0.5, 0.6) is 0 Å². The van der Waals surface area contributed by atoms with Crippen LogP contribution in [0.15, 0.2) is 24.3 Å². The molecule has 1 aromatic carbocycles. The molecule has 1 aliphatic rings. The molecule has 1 aromatic rings. The first-order valence-electron chi connectivity index (χ1n) is 6.98. The van der Waals surface area contributed by atoms with E-state index in [2.05, 4.69) is 6.92 Å². The molecular formula is C15H21NO3S. The fourth-order valence-electron chi connectivity index (χ4n) is 2.47. The number of carbonyl (C=O) groups excluding carboxylic acids is 1. The van der Waals surface area contributed by atoms with Gasteiger partial charge in [0.05, 0.1) is 18.1 Å². The van der Waals surface area contributed by atoms with Crippen LogP contribution in [0.3, 0.4) is 0 Å². The summed E-state index contributed by atoms with van der Waals surface area (Å²) in [5.41, 5.74) is 1.90. The molecule has 0 amide bonds. The fourth-order valence-corrected chi connectivity index (χ4v) is 4.10. The van der Waals surface area contributed by atoms with Crippen molar-refractivity contribution in [3.63, 3.8) is 0 Å². The second-order valence-corrected chi connectivity index (χ2v) is 7.64. The molecule has 0 bridgehead atoms. The normalized spacial score (nSPS) is 22.6. The van der Waals surface area contributed by atoms with Gasteiger partial charge in [-0.3, -0.25) is 9.69 Å². The van der Waals surface area contributed by atoms with Crippen LogP contribution < -0.4 is 0 Å². The molecule has 1 aliphatic heterocycles. The smallest absolute Gasteiger partial charge is 0.176 e. The molecule has 0 aromatic heterocycles. The molecule has 0 spiro atoms. The summed E-state index contributed by atoms with van der Waals surface area (Å²) in [6.07, 6.45) is 0.954. The van der Waals surface area contributed by atoms with E-state index in [4.69, 9.17) is 0 Å². The molecule has 5 heteroatoms. The van der Waals surface area contributed by atoms with Crippen LogP contribution >= 0.6 is 0 Å². The van der Waals surface area contributed by atoms with Gasteiger partial charge in [-0.1, -0.05) is 31.2 Å². The van der Waals surface area contributed by atoms with Crippen molar-refractivity contribution in [3.8, 4) is 0 Å². The molecule has 20 heavy (non-hydrogen) atoms. The number of hydrogen-bond donors (Lipinski definition) is 0. The van der Waals surface area contributed by atoms with Gasteiger partial charge in [-0.2, -0.15) is 0 Å². The van der Waals surface area contributed by atoms with Crippen LogP contribution in [0.25, 0.3) is 0 Å². The van der Waals surface area contributed by atoms with Gasteiger partial charge < -0.3 is 0 Å². The van der Waals surface area contributed by atoms with Gasteiger partial charge >= 0.3 is 0 Å². The van der Waals surface area contributed by atoms with Crippen molar-refractivity contribution in [2.24, 2.45) is 0 Å². The summed E-state index contributed by atoms with van der Waals surface area (Å²) in [5.74, 6) is 0.354. The second-order valence-electron chi connectivity index (χ2n) is 5.41. The van der Waals surface area contributed by atoms with E-state index in [-0.39, 0.29) is 23.3 Å². The summed E-state index contributed by atoms with van der Waals surface area (Å²) in [6, 6.07) is 7.56. The highest BCUT2D eigenvalue weighted by Gasteiger charge is 2.29. The minimum absolute atomic E-state index is 0.0544. The third-order valence-corrected chi connectivity index (χ3v) is 5.63. The van der Waals surface area contributed by atoms with Gasteiger partial charge in [0.15, 0.2) is 15.6 Å². The number of Topliss-reactive ketones (excluding diaryl/α,β-unsaturated/α-hetero) is 1. The summed E-state index contributed by atoms with van der Waals surface area (Å²) in [6.45, 7) is 4.68. The number of benzene rings is 1. The zero-order chi connectivity index (χ0) is 14.8. The summed E-state index contributed by atoms with van der Waals surface area (Å²) in [4.78, 5) is 14.2. The molecule has 1 unspecified atom stereocenters. The van der Waals surface area contributed by atoms with E-state index in [1.807, 2.05) is 36.1 Å². The largest absolute Gasteiger partial charge is 0.293 e. The van der Waals surface area contributed by atoms with Gasteiger partial charge in [-0.15, -0.1) is 0 Å². The topological polar surface area (TPSA) is 54.5 Å². The fraction of sp³-hybridized carbons (Fsp3) is 0.533. The van der Waals surface area contributed by atoms with E-state index in [0.29, 0.717) is 18.7 Å². The molecule has 0 saturated carbocycles. The Morgan fingerprint density at radius 3 is 2.50 bits per heavy atom. The highest BCUT2D eigenvalue weighted by atomic mass is 32.2. The maximum absolute atomic E-state index is 12.2. The van der Waals surface area contributed by atoms with Crippen molar-refractivity contribution in [2.75, 3.05) is 24.6 Å². The van der Waals surface area contributed by atoms with E-state index in [9.17, 15) is 13.2 Å². The lowest BCUT2D eigenvalue weighted by Crippen LogP contribution is -2.48. The zero-order valence-electron chi connectivity index (χ0n) is 12.0. The third kappa shape index (κ3) is 3.67. The minimum atomic E-state index is -2.93. The highest BCUT2D eigenvalue weighted by molar-refractivity contribution is 7.91. The van der Waals surface area contributed by atoms with Crippen molar-refractivity contribution in [2.45, 2.75) is 26.3 Å². The zero-order valence-corrected chi connectivity index (χ0v) is 12.8. The molecule has 1 heterocycles. The number of nitrogens with zero attached hydrogens (tertiary/aromatic N) is 1. The first-order chi connectivity index (χ1) is 9.41. The van der Waals surface area contributed by atoms with Crippen molar-refractivity contribution in [1.82, 2.24) is 4.90 Å². The Hall–Kier alpha value is -1.20. The number of aryl methyl sites for hydroxylation is 1. The number of rotatable bonds is 4. The minimum Gasteiger partial charge on any atom is -0.293 e. The lowest BCUT2D eigenvalue weighted by atomic mass is 10.1. The standard InChI is InChI=1S/C15H21NO3S/c1-3-13-4-6-14(7-5-13)15(17)10-16-8-9-20(18,19)11-12(16)2/h4-7,12H,3,8-11H2,1-2H3. The van der Waals surface area contributed by atoms with Gasteiger partial charge in [0.1, 0.15) is 0 Å². The van der Waals surface area contributed by atoms with Gasteiger partial charge in [-0.25, -0.2) is 8.42 Å². The molecule has 1 fully saturated rings. The van der Waals surface area contributed by atoms with E-state index >= 15 is 0 Å². The Bertz CT molecular complexity index is 578. The van der Waals surface area contributed by atoms with Crippen molar-refractivity contribution < 1.29 is 13.2 Å². The van der Waals surface area contributed by atoms with Gasteiger partial charge in [0.25, 0.3) is 0 Å². The number of carbonyl (C=O) groups is 1. The maximum Gasteiger partial charge on any atom is 0.176 e.